The highest BCUT2D eigenvalue weighted by atomic mass is 31.2. The maximum absolute atomic E-state index is 12.8. The predicted octanol–water partition coefficient (Wildman–Crippen LogP) is 11.0. The topological polar surface area (TPSA) is 210 Å². The van der Waals surface area contributed by atoms with Gasteiger partial charge in [0.25, 0.3) is 0 Å². The van der Waals surface area contributed by atoms with Gasteiger partial charge in [-0.25, -0.2) is 4.57 Å². The Bertz CT molecular complexity index is 1280. The van der Waals surface area contributed by atoms with E-state index >= 15 is 0 Å². The van der Waals surface area contributed by atoms with Crippen LogP contribution < -0.4 is 0 Å². The number of phosphoric acid groups is 1. The summed E-state index contributed by atoms with van der Waals surface area (Å²) in [6.45, 7) is 3.30. The monoisotopic (exact) mass is 945 g/mol. The molecule has 6 atom stereocenters. The zero-order valence-electron chi connectivity index (χ0n) is 40.5. The second kappa shape index (κ2) is 41.1. The fourth-order valence-electron chi connectivity index (χ4n) is 7.78. The number of rotatable bonds is 43. The number of esters is 2. The van der Waals surface area contributed by atoms with E-state index in [1.54, 1.807) is 0 Å². The van der Waals surface area contributed by atoms with Gasteiger partial charge in [-0.2, -0.15) is 0 Å². The van der Waals surface area contributed by atoms with Crippen molar-refractivity contribution in [3.05, 3.63) is 36.5 Å². The molecule has 0 radical (unpaired) electrons. The summed E-state index contributed by atoms with van der Waals surface area (Å²) in [5.74, 6) is -1.11. The van der Waals surface area contributed by atoms with Crippen molar-refractivity contribution in [2.24, 2.45) is 0 Å². The van der Waals surface area contributed by atoms with E-state index in [1.165, 1.54) is 103 Å². The van der Waals surface area contributed by atoms with Gasteiger partial charge in [-0.3, -0.25) is 18.6 Å². The Hall–Kier alpha value is -1.93. The van der Waals surface area contributed by atoms with Crippen LogP contribution in [0.5, 0.6) is 0 Å². The second-order valence-corrected chi connectivity index (χ2v) is 19.4. The molecule has 1 rings (SSSR count). The molecule has 1 saturated carbocycles. The molecule has 0 aromatic carbocycles. The number of phosphoric ester groups is 1. The Morgan fingerprint density at radius 3 is 1.26 bits per heavy atom. The van der Waals surface area contributed by atoms with Crippen molar-refractivity contribution < 1.29 is 63.1 Å². The fraction of sp³-hybridized carbons (Fsp3) is 0.843. The van der Waals surface area contributed by atoms with Crippen molar-refractivity contribution >= 4 is 19.8 Å². The number of hydrogen-bond donors (Lipinski definition) is 6. The molecule has 0 aromatic rings. The Morgan fingerprint density at radius 2 is 0.831 bits per heavy atom. The van der Waals surface area contributed by atoms with Gasteiger partial charge in [0.2, 0.25) is 0 Å². The van der Waals surface area contributed by atoms with Crippen LogP contribution in [-0.2, 0) is 32.7 Å². The number of ether oxygens (including phenoxy) is 2. The van der Waals surface area contributed by atoms with Crippen molar-refractivity contribution in [3.63, 3.8) is 0 Å². The highest BCUT2D eigenvalue weighted by Crippen LogP contribution is 2.47. The third-order valence-corrected chi connectivity index (χ3v) is 12.9. The Balaban J connectivity index is 2.40. The minimum atomic E-state index is -5.12. The summed E-state index contributed by atoms with van der Waals surface area (Å²) >= 11 is 0. The first kappa shape index (κ1) is 61.1. The van der Waals surface area contributed by atoms with E-state index in [1.807, 2.05) is 0 Å². The molecule has 14 heteroatoms. The van der Waals surface area contributed by atoms with Gasteiger partial charge in [-0.1, -0.05) is 172 Å². The van der Waals surface area contributed by atoms with Crippen LogP contribution in [0.15, 0.2) is 36.5 Å². The van der Waals surface area contributed by atoms with Crippen LogP contribution in [-0.4, -0.2) is 98.3 Å². The normalized spacial score (nSPS) is 21.7. The molecule has 65 heavy (non-hydrogen) atoms. The smallest absolute Gasteiger partial charge is 0.462 e. The van der Waals surface area contributed by atoms with Gasteiger partial charge < -0.3 is 39.9 Å². The minimum Gasteiger partial charge on any atom is -0.462 e. The number of carbonyl (C=O) groups excluding carboxylic acids is 2. The molecule has 0 amide bonds. The molecule has 6 unspecified atom stereocenters. The SMILES string of the molecule is CCCCCCC/C=C\C/C=C\CCCCCCCCCCCC(=O)OC(COC(=O)CCCCCCC/C=C\CCCCCCCC)COP(=O)(O)OC1C(O)C(O)C(O)C(O)C1O. The fourth-order valence-corrected chi connectivity index (χ4v) is 8.76. The van der Waals surface area contributed by atoms with Crippen molar-refractivity contribution in [1.82, 2.24) is 0 Å². The molecule has 1 aliphatic rings. The first-order valence-electron chi connectivity index (χ1n) is 25.8. The van der Waals surface area contributed by atoms with Gasteiger partial charge in [0.15, 0.2) is 6.10 Å². The lowest BCUT2D eigenvalue weighted by molar-refractivity contribution is -0.220. The molecule has 0 bridgehead atoms. The lowest BCUT2D eigenvalue weighted by Gasteiger charge is -2.41. The molecular weight excluding hydrogens is 852 g/mol. The van der Waals surface area contributed by atoms with E-state index in [0.717, 1.165) is 77.0 Å². The van der Waals surface area contributed by atoms with Crippen LogP contribution in [0, 0.1) is 0 Å². The van der Waals surface area contributed by atoms with E-state index < -0.39 is 75.7 Å². The largest absolute Gasteiger partial charge is 0.472 e. The van der Waals surface area contributed by atoms with Crippen LogP contribution >= 0.6 is 7.82 Å². The Labute approximate surface area is 393 Å². The lowest BCUT2D eigenvalue weighted by atomic mass is 9.85. The number of carbonyl (C=O) groups is 2. The Kier molecular flexibility index (Phi) is 38.6. The molecule has 0 heterocycles. The zero-order chi connectivity index (χ0) is 47.8. The van der Waals surface area contributed by atoms with E-state index in [2.05, 4.69) is 50.3 Å². The van der Waals surface area contributed by atoms with Crippen molar-refractivity contribution in [2.45, 2.75) is 262 Å². The summed E-state index contributed by atoms with van der Waals surface area (Å²) in [5, 5.41) is 50.2. The highest BCUT2D eigenvalue weighted by molar-refractivity contribution is 7.47. The second-order valence-electron chi connectivity index (χ2n) is 18.0. The van der Waals surface area contributed by atoms with Gasteiger partial charge in [0.1, 0.15) is 43.2 Å². The lowest BCUT2D eigenvalue weighted by Crippen LogP contribution is -2.64. The van der Waals surface area contributed by atoms with Crippen LogP contribution in [0.2, 0.25) is 0 Å². The summed E-state index contributed by atoms with van der Waals surface area (Å²) in [7, 11) is -5.12. The average Bonchev–Trinajstić information content (AvgIpc) is 3.29. The van der Waals surface area contributed by atoms with Crippen LogP contribution in [0.25, 0.3) is 0 Å². The van der Waals surface area contributed by atoms with Gasteiger partial charge in [-0.05, 0) is 70.6 Å². The maximum atomic E-state index is 12.8. The molecule has 0 aliphatic heterocycles. The van der Waals surface area contributed by atoms with Gasteiger partial charge in [0, 0.05) is 12.8 Å². The van der Waals surface area contributed by atoms with Crippen molar-refractivity contribution in [3.8, 4) is 0 Å². The molecule has 0 saturated heterocycles. The van der Waals surface area contributed by atoms with Crippen LogP contribution in [0.4, 0.5) is 0 Å². The minimum absolute atomic E-state index is 0.0908. The molecule has 1 fully saturated rings. The van der Waals surface area contributed by atoms with E-state index in [9.17, 15) is 44.6 Å². The zero-order valence-corrected chi connectivity index (χ0v) is 41.4. The van der Waals surface area contributed by atoms with E-state index in [0.29, 0.717) is 12.8 Å². The summed E-state index contributed by atoms with van der Waals surface area (Å²) in [6, 6.07) is 0. The third kappa shape index (κ3) is 33.3. The van der Waals surface area contributed by atoms with E-state index in [-0.39, 0.29) is 12.8 Å². The summed E-state index contributed by atoms with van der Waals surface area (Å²) in [6.07, 6.45) is 34.7. The summed E-state index contributed by atoms with van der Waals surface area (Å²) in [4.78, 5) is 35.8. The van der Waals surface area contributed by atoms with Crippen LogP contribution in [0.3, 0.4) is 0 Å². The van der Waals surface area contributed by atoms with Crippen molar-refractivity contribution in [2.75, 3.05) is 13.2 Å². The molecule has 13 nitrogen and oxygen atoms in total. The average molecular weight is 945 g/mol. The molecule has 1 aliphatic carbocycles. The first-order chi connectivity index (χ1) is 31.4. The quantitative estimate of drug-likeness (QED) is 0.0146. The molecule has 0 aromatic heterocycles. The van der Waals surface area contributed by atoms with Crippen molar-refractivity contribution in [1.29, 1.82) is 0 Å². The molecule has 0 spiro atoms. The number of hydrogen-bond acceptors (Lipinski definition) is 12. The number of aliphatic hydroxyl groups is 5. The number of unbranched alkanes of at least 4 members (excludes halogenated alkanes) is 25. The third-order valence-electron chi connectivity index (χ3n) is 12.0. The van der Waals surface area contributed by atoms with Gasteiger partial charge in [0.05, 0.1) is 6.61 Å². The highest BCUT2D eigenvalue weighted by Gasteiger charge is 2.51. The Morgan fingerprint density at radius 1 is 0.477 bits per heavy atom. The van der Waals surface area contributed by atoms with E-state index in [4.69, 9.17) is 18.5 Å². The standard InChI is InChI=1S/C51H93O13P/c1-3-5-7-9-11-13-15-17-19-20-21-22-23-24-26-28-30-32-34-36-38-40-45(53)63-43(42-62-65(59,60)64-51-49(57)47(55)46(54)48(56)50(51)58)41-61-44(52)39-37-35-33-31-29-27-25-18-16-14-12-10-8-6-4-2/h15,17-18,20-21,25,43,46-51,54-58H,3-14,16,19,22-24,26-42H2,1-2H3,(H,59,60)/b17-15-,21-20-,25-18-. The summed E-state index contributed by atoms with van der Waals surface area (Å²) in [5.41, 5.74) is 0. The van der Waals surface area contributed by atoms with Gasteiger partial charge >= 0.3 is 19.8 Å². The molecule has 6 N–H and O–H groups in total. The first-order valence-corrected chi connectivity index (χ1v) is 27.3. The number of allylic oxidation sites excluding steroid dienone is 6. The molecular formula is C51H93O13P. The summed E-state index contributed by atoms with van der Waals surface area (Å²) < 4.78 is 33.6. The van der Waals surface area contributed by atoms with Crippen LogP contribution in [0.1, 0.15) is 219 Å². The number of aliphatic hydroxyl groups excluding tert-OH is 5. The molecule has 380 valence electrons. The predicted molar refractivity (Wildman–Crippen MR) is 258 cm³/mol. The maximum Gasteiger partial charge on any atom is 0.472 e. The van der Waals surface area contributed by atoms with Gasteiger partial charge in [-0.15, -0.1) is 0 Å².